The third-order valence-electron chi connectivity index (χ3n) is 2.40. The smallest absolute Gasteiger partial charge is 0.260 e. The third-order valence-corrected chi connectivity index (χ3v) is 3.17. The summed E-state index contributed by atoms with van der Waals surface area (Å²) in [5.41, 5.74) is 7.41. The number of benzene rings is 1. The molecule has 0 aliphatic rings. The van der Waals surface area contributed by atoms with Gasteiger partial charge in [-0.15, -0.1) is 11.3 Å². The first-order valence-corrected chi connectivity index (χ1v) is 6.00. The van der Waals surface area contributed by atoms with E-state index in [4.69, 9.17) is 10.3 Å². The fourth-order valence-corrected chi connectivity index (χ4v) is 2.05. The highest BCUT2D eigenvalue weighted by molar-refractivity contribution is 7.13. The van der Waals surface area contributed by atoms with Gasteiger partial charge in [-0.2, -0.15) is 4.98 Å². The molecule has 0 spiro atoms. The molecule has 5 nitrogen and oxygen atoms in total. The molecule has 0 aliphatic heterocycles. The minimum absolute atomic E-state index is 0.0263. The van der Waals surface area contributed by atoms with Crippen LogP contribution < -0.4 is 5.73 Å². The van der Waals surface area contributed by atoms with E-state index in [1.165, 1.54) is 11.3 Å². The first-order valence-electron chi connectivity index (χ1n) is 5.12. The Morgan fingerprint density at radius 2 is 2.00 bits per heavy atom. The van der Waals surface area contributed by atoms with Gasteiger partial charge in [-0.3, -0.25) is 4.98 Å². The second kappa shape index (κ2) is 4.39. The lowest BCUT2D eigenvalue weighted by Gasteiger charge is -2.01. The number of aromatic nitrogens is 3. The zero-order valence-electron chi connectivity index (χ0n) is 9.30. The quantitative estimate of drug-likeness (QED) is 0.730. The van der Waals surface area contributed by atoms with Gasteiger partial charge < -0.3 is 10.3 Å². The van der Waals surface area contributed by atoms with Crippen molar-refractivity contribution in [1.82, 2.24) is 15.1 Å². The average molecular weight is 280 g/mol. The Bertz CT molecular complexity index is 726. The van der Waals surface area contributed by atoms with E-state index >= 15 is 0 Å². The van der Waals surface area contributed by atoms with E-state index in [0.29, 0.717) is 10.7 Å². The van der Waals surface area contributed by atoms with Gasteiger partial charge in [0.15, 0.2) is 11.6 Å². The lowest BCUT2D eigenvalue weighted by atomic mass is 10.1. The Morgan fingerprint density at radius 3 is 2.74 bits per heavy atom. The van der Waals surface area contributed by atoms with Crippen molar-refractivity contribution in [2.24, 2.45) is 0 Å². The van der Waals surface area contributed by atoms with E-state index in [1.807, 2.05) is 0 Å². The number of halogens is 2. The average Bonchev–Trinajstić information content (AvgIpc) is 3.03. The lowest BCUT2D eigenvalue weighted by Crippen LogP contribution is -1.94. The summed E-state index contributed by atoms with van der Waals surface area (Å²) in [6.45, 7) is 0. The summed E-state index contributed by atoms with van der Waals surface area (Å²) >= 11 is 1.33. The number of nitrogens with zero attached hydrogens (tertiary/aromatic N) is 3. The molecule has 96 valence electrons. The molecule has 2 heterocycles. The molecule has 8 heteroatoms. The topological polar surface area (TPSA) is 77.8 Å². The van der Waals surface area contributed by atoms with Crippen molar-refractivity contribution in [2.45, 2.75) is 0 Å². The minimum atomic E-state index is -1.03. The summed E-state index contributed by atoms with van der Waals surface area (Å²) < 4.78 is 31.2. The number of hydrogen-bond acceptors (Lipinski definition) is 6. The van der Waals surface area contributed by atoms with Crippen LogP contribution in [0.1, 0.15) is 0 Å². The van der Waals surface area contributed by atoms with Crippen molar-refractivity contribution in [3.63, 3.8) is 0 Å². The molecule has 0 aliphatic carbocycles. The van der Waals surface area contributed by atoms with E-state index in [1.54, 1.807) is 11.7 Å². The van der Waals surface area contributed by atoms with E-state index in [9.17, 15) is 8.78 Å². The molecule has 0 fully saturated rings. The summed E-state index contributed by atoms with van der Waals surface area (Å²) in [5.74, 6) is -1.70. The molecule has 1 aromatic carbocycles. The van der Waals surface area contributed by atoms with Gasteiger partial charge >= 0.3 is 0 Å². The number of anilines is 1. The summed E-state index contributed by atoms with van der Waals surface area (Å²) in [7, 11) is 0. The van der Waals surface area contributed by atoms with Crippen LogP contribution in [0.3, 0.4) is 0 Å². The summed E-state index contributed by atoms with van der Waals surface area (Å²) in [5, 5.41) is 3.74. The van der Waals surface area contributed by atoms with Gasteiger partial charge in [-0.1, -0.05) is 5.16 Å². The standard InChI is InChI=1S/C11H6F2N4OS/c12-6-1-5(8(14)2-7(6)13)11-16-10(17-18-11)9-3-15-4-19-9/h1-4H,14H2. The molecule has 19 heavy (non-hydrogen) atoms. The molecule has 0 saturated carbocycles. The van der Waals surface area contributed by atoms with Gasteiger partial charge in [0.05, 0.1) is 16.0 Å². The molecule has 0 unspecified atom stereocenters. The SMILES string of the molecule is Nc1cc(F)c(F)cc1-c1nc(-c2cncs2)no1. The molecule has 0 radical (unpaired) electrons. The number of nitrogens with two attached hydrogens (primary N) is 1. The van der Waals surface area contributed by atoms with Crippen molar-refractivity contribution in [3.05, 3.63) is 35.5 Å². The van der Waals surface area contributed by atoms with Crippen LogP contribution in [0.2, 0.25) is 0 Å². The number of hydrogen-bond donors (Lipinski definition) is 1. The minimum Gasteiger partial charge on any atom is -0.398 e. The first kappa shape index (κ1) is 11.7. The van der Waals surface area contributed by atoms with Crippen LogP contribution in [0.15, 0.2) is 28.4 Å². The van der Waals surface area contributed by atoms with Crippen LogP contribution in [0.5, 0.6) is 0 Å². The Balaban J connectivity index is 2.06. The van der Waals surface area contributed by atoms with Gasteiger partial charge in [-0.05, 0) is 6.07 Å². The molecule has 3 rings (SSSR count). The van der Waals surface area contributed by atoms with Crippen molar-refractivity contribution < 1.29 is 13.3 Å². The third kappa shape index (κ3) is 2.06. The summed E-state index contributed by atoms with van der Waals surface area (Å²) in [6, 6.07) is 1.80. The number of nitrogen functional groups attached to an aromatic ring is 1. The predicted molar refractivity (Wildman–Crippen MR) is 65.2 cm³/mol. The number of thiazole rings is 1. The molecular formula is C11H6F2N4OS. The van der Waals surface area contributed by atoms with Crippen molar-refractivity contribution >= 4 is 17.0 Å². The van der Waals surface area contributed by atoms with E-state index < -0.39 is 11.6 Å². The van der Waals surface area contributed by atoms with Crippen LogP contribution >= 0.6 is 11.3 Å². The maximum absolute atomic E-state index is 13.2. The summed E-state index contributed by atoms with van der Waals surface area (Å²) in [4.78, 5) is 8.67. The highest BCUT2D eigenvalue weighted by atomic mass is 32.1. The van der Waals surface area contributed by atoms with Crippen molar-refractivity contribution in [3.8, 4) is 22.2 Å². The van der Waals surface area contributed by atoms with Gasteiger partial charge in [0, 0.05) is 18.0 Å². The van der Waals surface area contributed by atoms with Gasteiger partial charge in [0.1, 0.15) is 0 Å². The predicted octanol–water partition coefficient (Wildman–Crippen LogP) is 2.72. The summed E-state index contributed by atoms with van der Waals surface area (Å²) in [6.07, 6.45) is 1.58. The van der Waals surface area contributed by atoms with Crippen LogP contribution in [0, 0.1) is 11.6 Å². The highest BCUT2D eigenvalue weighted by Crippen LogP contribution is 2.29. The Kier molecular flexibility index (Phi) is 2.71. The molecule has 0 amide bonds. The molecule has 0 bridgehead atoms. The van der Waals surface area contributed by atoms with E-state index in [-0.39, 0.29) is 17.1 Å². The van der Waals surface area contributed by atoms with Crippen LogP contribution in [-0.2, 0) is 0 Å². The van der Waals surface area contributed by atoms with E-state index in [2.05, 4.69) is 15.1 Å². The molecule has 2 N–H and O–H groups in total. The molecular weight excluding hydrogens is 274 g/mol. The van der Waals surface area contributed by atoms with Crippen molar-refractivity contribution in [2.75, 3.05) is 5.73 Å². The fourth-order valence-electron chi connectivity index (χ4n) is 1.51. The number of rotatable bonds is 2. The lowest BCUT2D eigenvalue weighted by molar-refractivity contribution is 0.432. The Morgan fingerprint density at radius 1 is 1.21 bits per heavy atom. The highest BCUT2D eigenvalue weighted by Gasteiger charge is 2.16. The van der Waals surface area contributed by atoms with E-state index in [0.717, 1.165) is 12.1 Å². The second-order valence-electron chi connectivity index (χ2n) is 3.64. The second-order valence-corrected chi connectivity index (χ2v) is 4.53. The molecule has 2 aromatic heterocycles. The molecule has 0 atom stereocenters. The Labute approximate surface area is 109 Å². The van der Waals surface area contributed by atoms with Crippen molar-refractivity contribution in [1.29, 1.82) is 0 Å². The normalized spacial score (nSPS) is 10.8. The zero-order valence-corrected chi connectivity index (χ0v) is 10.1. The molecule has 3 aromatic rings. The maximum Gasteiger partial charge on any atom is 0.260 e. The van der Waals surface area contributed by atoms with Gasteiger partial charge in [0.25, 0.3) is 5.89 Å². The largest absolute Gasteiger partial charge is 0.398 e. The zero-order chi connectivity index (χ0) is 13.4. The molecule has 0 saturated heterocycles. The van der Waals surface area contributed by atoms with Crippen LogP contribution in [0.25, 0.3) is 22.2 Å². The fraction of sp³-hybridized carbons (Fsp3) is 0. The van der Waals surface area contributed by atoms with Gasteiger partial charge in [-0.25, -0.2) is 8.78 Å². The monoisotopic (exact) mass is 280 g/mol. The first-order chi connectivity index (χ1) is 9.15. The Hall–Kier alpha value is -2.35. The van der Waals surface area contributed by atoms with Crippen LogP contribution in [-0.4, -0.2) is 15.1 Å². The van der Waals surface area contributed by atoms with Crippen LogP contribution in [0.4, 0.5) is 14.5 Å². The maximum atomic E-state index is 13.2. The van der Waals surface area contributed by atoms with Gasteiger partial charge in [0.2, 0.25) is 5.82 Å².